The molecule has 0 spiro atoms. The first-order valence-electron chi connectivity index (χ1n) is 11.5. The number of carbonyl (C=O) groups excluding carboxylic acids is 2. The number of phenols is 1. The summed E-state index contributed by atoms with van der Waals surface area (Å²) in [5, 5.41) is 21.0. The van der Waals surface area contributed by atoms with Crippen molar-refractivity contribution < 1.29 is 14.7 Å². The quantitative estimate of drug-likeness (QED) is 0.439. The van der Waals surface area contributed by atoms with Gasteiger partial charge in [0.25, 0.3) is 5.91 Å². The number of hydrogen-bond donors (Lipinski definition) is 3. The fourth-order valence-electron chi connectivity index (χ4n) is 3.90. The summed E-state index contributed by atoms with van der Waals surface area (Å²) < 4.78 is 1.43. The Kier molecular flexibility index (Phi) is 6.49. The van der Waals surface area contributed by atoms with Crippen LogP contribution in [-0.4, -0.2) is 32.9 Å². The molecule has 1 fully saturated rings. The molecule has 1 aliphatic rings. The lowest BCUT2D eigenvalue weighted by Gasteiger charge is -2.25. The number of nitrogens with zero attached hydrogens (tertiary/aromatic N) is 2. The Morgan fingerprint density at radius 1 is 1.18 bits per heavy atom. The molecule has 2 aromatic carbocycles. The second kappa shape index (κ2) is 9.48. The van der Waals surface area contributed by atoms with Gasteiger partial charge < -0.3 is 15.7 Å². The third kappa shape index (κ3) is 4.77. The highest BCUT2D eigenvalue weighted by Gasteiger charge is 2.28. The standard InChI is InChI=1S/C26H30N4O3/c1-4-17(3)27-26(33)30-23(18-9-7-10-18)15-22(29-30)21-14-19(12-13-24(21)31)28-25(32)20-11-6-5-8-16(20)2/h5-6,8,11-15,17-18,31H,4,7,9-10H2,1-3H3,(H,27,33)(H,28,32). The minimum atomic E-state index is -0.263. The molecule has 0 radical (unpaired) electrons. The first-order chi connectivity index (χ1) is 15.9. The summed E-state index contributed by atoms with van der Waals surface area (Å²) >= 11 is 0. The van der Waals surface area contributed by atoms with Crippen molar-refractivity contribution in [3.63, 3.8) is 0 Å². The van der Waals surface area contributed by atoms with Gasteiger partial charge in [0.05, 0.1) is 11.4 Å². The van der Waals surface area contributed by atoms with Crippen molar-refractivity contribution in [3.05, 3.63) is 65.4 Å². The third-order valence-corrected chi connectivity index (χ3v) is 6.36. The molecule has 1 aromatic heterocycles. The fourth-order valence-corrected chi connectivity index (χ4v) is 3.90. The molecule has 3 N–H and O–H groups in total. The molecule has 172 valence electrons. The van der Waals surface area contributed by atoms with Gasteiger partial charge in [-0.1, -0.05) is 31.5 Å². The van der Waals surface area contributed by atoms with Crippen LogP contribution in [0, 0.1) is 6.92 Å². The maximum absolute atomic E-state index is 12.9. The van der Waals surface area contributed by atoms with E-state index in [-0.39, 0.29) is 29.6 Å². The summed E-state index contributed by atoms with van der Waals surface area (Å²) in [5.41, 5.74) is 3.83. The lowest BCUT2D eigenvalue weighted by molar-refractivity contribution is 0.102. The van der Waals surface area contributed by atoms with Gasteiger partial charge in [-0.25, -0.2) is 4.79 Å². The SMILES string of the molecule is CCC(C)NC(=O)n1nc(-c2cc(NC(=O)c3ccccc3C)ccc2O)cc1C1CCC1. The number of anilines is 1. The Morgan fingerprint density at radius 2 is 1.94 bits per heavy atom. The van der Waals surface area contributed by atoms with Crippen molar-refractivity contribution >= 4 is 17.6 Å². The van der Waals surface area contributed by atoms with Gasteiger partial charge in [0.1, 0.15) is 5.75 Å². The predicted molar refractivity (Wildman–Crippen MR) is 129 cm³/mol. The van der Waals surface area contributed by atoms with E-state index in [2.05, 4.69) is 15.7 Å². The number of nitrogens with one attached hydrogen (secondary N) is 2. The van der Waals surface area contributed by atoms with Gasteiger partial charge in [-0.05, 0) is 69.0 Å². The number of phenolic OH excluding ortho intramolecular Hbond substituents is 1. The number of aromatic hydroxyl groups is 1. The van der Waals surface area contributed by atoms with Gasteiger partial charge in [-0.15, -0.1) is 0 Å². The van der Waals surface area contributed by atoms with Gasteiger partial charge >= 0.3 is 6.03 Å². The van der Waals surface area contributed by atoms with Crippen LogP contribution in [0.15, 0.2) is 48.5 Å². The number of carbonyl (C=O) groups is 2. The number of aryl methyl sites for hydroxylation is 1. The van der Waals surface area contributed by atoms with Gasteiger partial charge in [-0.3, -0.25) is 4.79 Å². The Morgan fingerprint density at radius 3 is 2.61 bits per heavy atom. The number of benzene rings is 2. The Balaban J connectivity index is 1.65. The van der Waals surface area contributed by atoms with E-state index < -0.39 is 0 Å². The van der Waals surface area contributed by atoms with Crippen molar-refractivity contribution in [1.29, 1.82) is 0 Å². The van der Waals surface area contributed by atoms with Crippen LogP contribution in [0.1, 0.15) is 67.1 Å². The van der Waals surface area contributed by atoms with E-state index in [1.54, 1.807) is 18.2 Å². The topological polar surface area (TPSA) is 96.3 Å². The highest BCUT2D eigenvalue weighted by molar-refractivity contribution is 6.05. The molecule has 0 saturated heterocycles. The molecule has 7 nitrogen and oxygen atoms in total. The van der Waals surface area contributed by atoms with Gasteiger partial charge in [0.2, 0.25) is 0 Å². The van der Waals surface area contributed by atoms with E-state index in [0.717, 1.165) is 36.9 Å². The van der Waals surface area contributed by atoms with Crippen LogP contribution in [0.5, 0.6) is 5.75 Å². The van der Waals surface area contributed by atoms with E-state index >= 15 is 0 Å². The lowest BCUT2D eigenvalue weighted by Crippen LogP contribution is -2.37. The van der Waals surface area contributed by atoms with Crippen molar-refractivity contribution in [2.45, 2.75) is 58.4 Å². The number of rotatable bonds is 6. The summed E-state index contributed by atoms with van der Waals surface area (Å²) in [5.74, 6) is 0.0920. The molecule has 33 heavy (non-hydrogen) atoms. The van der Waals surface area contributed by atoms with Crippen molar-refractivity contribution in [2.24, 2.45) is 0 Å². The Hall–Kier alpha value is -3.61. The van der Waals surface area contributed by atoms with E-state index in [4.69, 9.17) is 0 Å². The van der Waals surface area contributed by atoms with Crippen molar-refractivity contribution in [2.75, 3.05) is 5.32 Å². The fraction of sp³-hybridized carbons (Fsp3) is 0.346. The zero-order valence-electron chi connectivity index (χ0n) is 19.3. The van der Waals surface area contributed by atoms with Crippen molar-refractivity contribution in [1.82, 2.24) is 15.1 Å². The normalized spacial score (nSPS) is 14.4. The molecule has 1 heterocycles. The van der Waals surface area contributed by atoms with Crippen LogP contribution in [-0.2, 0) is 0 Å². The molecule has 1 unspecified atom stereocenters. The Labute approximate surface area is 193 Å². The summed E-state index contributed by atoms with van der Waals surface area (Å²) in [7, 11) is 0. The molecular formula is C26H30N4O3. The second-order valence-electron chi connectivity index (χ2n) is 8.75. The van der Waals surface area contributed by atoms with E-state index in [9.17, 15) is 14.7 Å². The zero-order valence-corrected chi connectivity index (χ0v) is 19.3. The molecule has 3 aromatic rings. The third-order valence-electron chi connectivity index (χ3n) is 6.36. The maximum atomic E-state index is 12.9. The first-order valence-corrected chi connectivity index (χ1v) is 11.5. The van der Waals surface area contributed by atoms with Crippen LogP contribution in [0.25, 0.3) is 11.3 Å². The molecule has 1 saturated carbocycles. The van der Waals surface area contributed by atoms with E-state index in [1.807, 2.05) is 45.0 Å². The largest absolute Gasteiger partial charge is 0.507 e. The predicted octanol–water partition coefficient (Wildman–Crippen LogP) is 5.44. The highest BCUT2D eigenvalue weighted by Crippen LogP contribution is 2.39. The van der Waals surface area contributed by atoms with Gasteiger partial charge in [0.15, 0.2) is 0 Å². The highest BCUT2D eigenvalue weighted by atomic mass is 16.3. The maximum Gasteiger partial charge on any atom is 0.342 e. The van der Waals surface area contributed by atoms with Crippen LogP contribution in [0.2, 0.25) is 0 Å². The molecule has 7 heteroatoms. The monoisotopic (exact) mass is 446 g/mol. The molecule has 0 aliphatic heterocycles. The zero-order chi connectivity index (χ0) is 23.5. The smallest absolute Gasteiger partial charge is 0.342 e. The first kappa shape index (κ1) is 22.6. The number of amides is 2. The van der Waals surface area contributed by atoms with Crippen molar-refractivity contribution in [3.8, 4) is 17.0 Å². The summed E-state index contributed by atoms with van der Waals surface area (Å²) in [6.45, 7) is 5.86. The number of aromatic nitrogens is 2. The van der Waals surface area contributed by atoms with Gasteiger partial charge in [0, 0.05) is 28.8 Å². The van der Waals surface area contributed by atoms with Crippen LogP contribution >= 0.6 is 0 Å². The van der Waals surface area contributed by atoms with Crippen LogP contribution in [0.3, 0.4) is 0 Å². The van der Waals surface area contributed by atoms with Gasteiger partial charge in [-0.2, -0.15) is 9.78 Å². The lowest BCUT2D eigenvalue weighted by atomic mass is 9.82. The minimum absolute atomic E-state index is 0.0350. The molecule has 1 aliphatic carbocycles. The summed E-state index contributed by atoms with van der Waals surface area (Å²) in [6, 6.07) is 13.9. The van der Waals surface area contributed by atoms with E-state index in [1.165, 1.54) is 10.7 Å². The van der Waals surface area contributed by atoms with Crippen LogP contribution < -0.4 is 10.6 Å². The average molecular weight is 447 g/mol. The van der Waals surface area contributed by atoms with E-state index in [0.29, 0.717) is 22.5 Å². The van der Waals surface area contributed by atoms with Crippen LogP contribution in [0.4, 0.5) is 10.5 Å². The number of hydrogen-bond acceptors (Lipinski definition) is 4. The molecule has 0 bridgehead atoms. The summed E-state index contributed by atoms with van der Waals surface area (Å²) in [4.78, 5) is 25.6. The summed E-state index contributed by atoms with van der Waals surface area (Å²) in [6.07, 6.45) is 3.98. The molecule has 1 atom stereocenters. The average Bonchev–Trinajstić information content (AvgIpc) is 3.18. The molecule has 2 amide bonds. The molecular weight excluding hydrogens is 416 g/mol. The minimum Gasteiger partial charge on any atom is -0.507 e. The molecule has 4 rings (SSSR count). The second-order valence-corrected chi connectivity index (χ2v) is 8.75. The Bertz CT molecular complexity index is 1180.